The van der Waals surface area contributed by atoms with Gasteiger partial charge in [-0.25, -0.2) is 0 Å². The second-order valence-corrected chi connectivity index (χ2v) is 5.75. The minimum absolute atomic E-state index is 0.117. The lowest BCUT2D eigenvalue weighted by Gasteiger charge is -2.40. The van der Waals surface area contributed by atoms with Crippen molar-refractivity contribution >= 4 is 11.6 Å². The van der Waals surface area contributed by atoms with E-state index in [1.54, 1.807) is 7.11 Å². The Kier molecular flexibility index (Phi) is 5.07. The van der Waals surface area contributed by atoms with Crippen LogP contribution in [-0.2, 0) is 29.4 Å². The fraction of sp³-hybridized carbons (Fsp3) is 0.786. The molecule has 1 saturated heterocycles. The minimum Gasteiger partial charge on any atom is -0.381 e. The number of aromatic nitrogens is 2. The molecule has 1 fully saturated rings. The summed E-state index contributed by atoms with van der Waals surface area (Å²) in [5, 5.41) is 5.18. The van der Waals surface area contributed by atoms with Crippen LogP contribution in [0.15, 0.2) is 0 Å². The first kappa shape index (κ1) is 15.8. The highest BCUT2D eigenvalue weighted by atomic mass is 35.5. The lowest BCUT2D eigenvalue weighted by atomic mass is 9.84. The SMILES string of the molecule is CCc1nn(C)c(CC(N)C2(OC)CCOCC2)c1Cl. The quantitative estimate of drug-likeness (QED) is 0.899. The van der Waals surface area contributed by atoms with Crippen molar-refractivity contribution in [2.75, 3.05) is 20.3 Å². The molecule has 1 aromatic heterocycles. The van der Waals surface area contributed by atoms with Gasteiger partial charge in [0.2, 0.25) is 0 Å². The van der Waals surface area contributed by atoms with E-state index in [1.165, 1.54) is 0 Å². The molecule has 1 aromatic rings. The molecular formula is C14H24ClN3O2. The molecule has 2 rings (SSSR count). The van der Waals surface area contributed by atoms with Crippen molar-refractivity contribution in [3.63, 3.8) is 0 Å². The predicted molar refractivity (Wildman–Crippen MR) is 79.1 cm³/mol. The van der Waals surface area contributed by atoms with Gasteiger partial charge in [0, 0.05) is 52.7 Å². The van der Waals surface area contributed by atoms with Crippen molar-refractivity contribution < 1.29 is 9.47 Å². The van der Waals surface area contributed by atoms with Gasteiger partial charge < -0.3 is 15.2 Å². The van der Waals surface area contributed by atoms with Crippen molar-refractivity contribution in [2.24, 2.45) is 12.8 Å². The Bertz CT molecular complexity index is 456. The maximum atomic E-state index is 6.43. The van der Waals surface area contributed by atoms with E-state index in [0.717, 1.165) is 35.7 Å². The molecule has 1 aliphatic heterocycles. The fourth-order valence-corrected chi connectivity index (χ4v) is 3.25. The van der Waals surface area contributed by atoms with Crippen molar-refractivity contribution in [2.45, 2.75) is 44.2 Å². The maximum absolute atomic E-state index is 6.43. The summed E-state index contributed by atoms with van der Waals surface area (Å²) >= 11 is 6.40. The van der Waals surface area contributed by atoms with Gasteiger partial charge in [0.15, 0.2) is 0 Å². The van der Waals surface area contributed by atoms with Gasteiger partial charge in [0.05, 0.1) is 22.0 Å². The Balaban J connectivity index is 2.18. The molecule has 0 bridgehead atoms. The average molecular weight is 302 g/mol. The average Bonchev–Trinajstić information content (AvgIpc) is 2.75. The molecular weight excluding hydrogens is 278 g/mol. The Morgan fingerprint density at radius 2 is 2.15 bits per heavy atom. The van der Waals surface area contributed by atoms with Gasteiger partial charge in [0.1, 0.15) is 0 Å². The van der Waals surface area contributed by atoms with Gasteiger partial charge in [-0.1, -0.05) is 18.5 Å². The van der Waals surface area contributed by atoms with Gasteiger partial charge in [-0.05, 0) is 6.42 Å². The number of methoxy groups -OCH3 is 1. The van der Waals surface area contributed by atoms with Crippen molar-refractivity contribution in [3.05, 3.63) is 16.4 Å². The van der Waals surface area contributed by atoms with E-state index < -0.39 is 0 Å². The first-order valence-corrected chi connectivity index (χ1v) is 7.50. The van der Waals surface area contributed by atoms with E-state index in [2.05, 4.69) is 5.10 Å². The van der Waals surface area contributed by atoms with E-state index in [9.17, 15) is 0 Å². The molecule has 5 nitrogen and oxygen atoms in total. The summed E-state index contributed by atoms with van der Waals surface area (Å²) < 4.78 is 13.0. The molecule has 2 heterocycles. The van der Waals surface area contributed by atoms with Crippen LogP contribution in [0.5, 0.6) is 0 Å². The Hall–Kier alpha value is -0.620. The van der Waals surface area contributed by atoms with Gasteiger partial charge in [-0.2, -0.15) is 5.10 Å². The molecule has 0 aromatic carbocycles. The first-order valence-electron chi connectivity index (χ1n) is 7.12. The number of ether oxygens (including phenoxy) is 2. The zero-order valence-corrected chi connectivity index (χ0v) is 13.2. The summed E-state index contributed by atoms with van der Waals surface area (Å²) in [6, 6.07) is -0.117. The van der Waals surface area contributed by atoms with Crippen LogP contribution in [-0.4, -0.2) is 41.7 Å². The Morgan fingerprint density at radius 3 is 2.65 bits per heavy atom. The zero-order chi connectivity index (χ0) is 14.8. The summed E-state index contributed by atoms with van der Waals surface area (Å²) in [6.07, 6.45) is 3.13. The molecule has 0 saturated carbocycles. The number of nitrogens with zero attached hydrogens (tertiary/aromatic N) is 2. The van der Waals surface area contributed by atoms with Crippen LogP contribution >= 0.6 is 11.6 Å². The highest BCUT2D eigenvalue weighted by Crippen LogP contribution is 2.31. The molecule has 1 aliphatic rings. The minimum atomic E-state index is -0.321. The number of aryl methyl sites for hydroxylation is 2. The van der Waals surface area contributed by atoms with E-state index in [-0.39, 0.29) is 11.6 Å². The number of nitrogens with two attached hydrogens (primary N) is 1. The molecule has 0 amide bonds. The predicted octanol–water partition coefficient (Wildman–Crippen LogP) is 1.70. The third kappa shape index (κ3) is 2.86. The van der Waals surface area contributed by atoms with Crippen LogP contribution in [0.4, 0.5) is 0 Å². The van der Waals surface area contributed by atoms with E-state index in [1.807, 2.05) is 18.7 Å². The second-order valence-electron chi connectivity index (χ2n) is 5.38. The summed E-state index contributed by atoms with van der Waals surface area (Å²) in [5.41, 5.74) is 8.02. The summed E-state index contributed by atoms with van der Waals surface area (Å²) in [4.78, 5) is 0. The second kappa shape index (κ2) is 6.43. The molecule has 6 heteroatoms. The van der Waals surface area contributed by atoms with Gasteiger partial charge in [-0.3, -0.25) is 4.68 Å². The van der Waals surface area contributed by atoms with Gasteiger partial charge in [-0.15, -0.1) is 0 Å². The van der Waals surface area contributed by atoms with Crippen LogP contribution in [0.25, 0.3) is 0 Å². The fourth-order valence-electron chi connectivity index (χ4n) is 2.88. The van der Waals surface area contributed by atoms with Crippen molar-refractivity contribution in [3.8, 4) is 0 Å². The third-order valence-electron chi connectivity index (χ3n) is 4.34. The lowest BCUT2D eigenvalue weighted by molar-refractivity contribution is -0.104. The molecule has 20 heavy (non-hydrogen) atoms. The Labute approximate surface area is 125 Å². The zero-order valence-electron chi connectivity index (χ0n) is 12.5. The molecule has 0 spiro atoms. The standard InChI is InChI=1S/C14H24ClN3O2/c1-4-10-13(15)11(18(2)17-10)9-12(16)14(19-3)5-7-20-8-6-14/h12H,4-9,16H2,1-3H3. The molecule has 0 radical (unpaired) electrons. The van der Waals surface area contributed by atoms with Crippen LogP contribution in [0, 0.1) is 0 Å². The monoisotopic (exact) mass is 301 g/mol. The number of hydrogen-bond donors (Lipinski definition) is 1. The molecule has 1 atom stereocenters. The normalized spacial score (nSPS) is 20.1. The number of hydrogen-bond acceptors (Lipinski definition) is 4. The first-order chi connectivity index (χ1) is 9.54. The van der Waals surface area contributed by atoms with Crippen LogP contribution in [0.1, 0.15) is 31.2 Å². The van der Waals surface area contributed by atoms with Crippen LogP contribution in [0.3, 0.4) is 0 Å². The Morgan fingerprint density at radius 1 is 1.50 bits per heavy atom. The van der Waals surface area contributed by atoms with E-state index >= 15 is 0 Å². The van der Waals surface area contributed by atoms with Crippen LogP contribution in [0.2, 0.25) is 5.02 Å². The topological polar surface area (TPSA) is 62.3 Å². The number of rotatable bonds is 5. The van der Waals surface area contributed by atoms with Crippen molar-refractivity contribution in [1.29, 1.82) is 0 Å². The smallest absolute Gasteiger partial charge is 0.0876 e. The molecule has 114 valence electrons. The summed E-state index contributed by atoms with van der Waals surface area (Å²) in [6.45, 7) is 3.44. The maximum Gasteiger partial charge on any atom is 0.0876 e. The van der Waals surface area contributed by atoms with Gasteiger partial charge >= 0.3 is 0 Å². The molecule has 1 unspecified atom stereocenters. The van der Waals surface area contributed by atoms with Crippen molar-refractivity contribution in [1.82, 2.24) is 9.78 Å². The van der Waals surface area contributed by atoms with E-state index in [0.29, 0.717) is 19.6 Å². The lowest BCUT2D eigenvalue weighted by Crippen LogP contribution is -2.54. The largest absolute Gasteiger partial charge is 0.381 e. The van der Waals surface area contributed by atoms with Crippen LogP contribution < -0.4 is 5.73 Å². The highest BCUT2D eigenvalue weighted by Gasteiger charge is 2.39. The molecule has 2 N–H and O–H groups in total. The highest BCUT2D eigenvalue weighted by molar-refractivity contribution is 6.31. The summed E-state index contributed by atoms with van der Waals surface area (Å²) in [7, 11) is 3.64. The molecule has 0 aliphatic carbocycles. The third-order valence-corrected chi connectivity index (χ3v) is 4.77. The summed E-state index contributed by atoms with van der Waals surface area (Å²) in [5.74, 6) is 0. The number of halogens is 1. The van der Waals surface area contributed by atoms with Gasteiger partial charge in [0.25, 0.3) is 0 Å². The van der Waals surface area contributed by atoms with E-state index in [4.69, 9.17) is 26.8 Å².